The van der Waals surface area contributed by atoms with Crippen LogP contribution in [0.25, 0.3) is 0 Å². The Morgan fingerprint density at radius 1 is 0.886 bits per heavy atom. The Hall–Kier alpha value is -3.65. The lowest BCUT2D eigenvalue weighted by molar-refractivity contribution is -0.137. The molecule has 0 radical (unpaired) electrons. The quantitative estimate of drug-likeness (QED) is 0.459. The van der Waals surface area contributed by atoms with Gasteiger partial charge in [0.15, 0.2) is 0 Å². The van der Waals surface area contributed by atoms with Crippen LogP contribution in [0.3, 0.4) is 0 Å². The van der Waals surface area contributed by atoms with Gasteiger partial charge in [0.1, 0.15) is 0 Å². The zero-order valence-electron chi connectivity index (χ0n) is 19.7. The molecule has 7 nitrogen and oxygen atoms in total. The molecule has 1 amide bonds. The van der Waals surface area contributed by atoms with Crippen LogP contribution in [0.5, 0.6) is 0 Å². The average molecular weight is 493 g/mol. The van der Waals surface area contributed by atoms with Crippen molar-refractivity contribution in [1.29, 1.82) is 0 Å². The molecule has 0 unspecified atom stereocenters. The molecule has 0 saturated heterocycles. The molecule has 182 valence electrons. The third-order valence-corrected chi connectivity index (χ3v) is 8.13. The van der Waals surface area contributed by atoms with Gasteiger partial charge in [0, 0.05) is 31.4 Å². The van der Waals surface area contributed by atoms with E-state index < -0.39 is 27.8 Å². The van der Waals surface area contributed by atoms with Gasteiger partial charge in [-0.2, -0.15) is 0 Å². The van der Waals surface area contributed by atoms with Crippen LogP contribution in [0.15, 0.2) is 77.7 Å². The fourth-order valence-electron chi connectivity index (χ4n) is 4.50. The number of carboxylic acids is 1. The van der Waals surface area contributed by atoms with Crippen LogP contribution < -0.4 is 4.90 Å². The van der Waals surface area contributed by atoms with Crippen LogP contribution >= 0.6 is 0 Å². The molecule has 3 aromatic rings. The van der Waals surface area contributed by atoms with E-state index in [4.69, 9.17) is 5.11 Å². The zero-order chi connectivity index (χ0) is 25.2. The first-order valence-electron chi connectivity index (χ1n) is 11.5. The standard InChI is InChI=1S/C27H28N2O5S/c1-19-14-16-20(17-15-19)35(33,34)29(18-8-7-13-25(30)31)27(32)26-21-9-3-5-11-23(21)28(2)24-12-6-4-10-22(24)26/h3-6,9-12,14-17,26H,7-8,13,18H2,1-2H3,(H,30,31). The number of rotatable bonds is 8. The van der Waals surface area contributed by atoms with Crippen molar-refractivity contribution in [3.05, 3.63) is 89.5 Å². The van der Waals surface area contributed by atoms with E-state index in [2.05, 4.69) is 0 Å². The molecule has 0 spiro atoms. The number of fused-ring (bicyclic) bond motifs is 2. The van der Waals surface area contributed by atoms with E-state index in [1.165, 1.54) is 12.1 Å². The molecule has 0 bridgehead atoms. The number of hydrogen-bond donors (Lipinski definition) is 1. The summed E-state index contributed by atoms with van der Waals surface area (Å²) in [6.07, 6.45) is 0.425. The molecule has 0 aromatic heterocycles. The molecule has 0 atom stereocenters. The molecule has 4 rings (SSSR count). The Kier molecular flexibility index (Phi) is 6.93. The van der Waals surface area contributed by atoms with Crippen molar-refractivity contribution in [2.24, 2.45) is 0 Å². The maximum Gasteiger partial charge on any atom is 0.303 e. The summed E-state index contributed by atoms with van der Waals surface area (Å²) in [5.74, 6) is -2.31. The number of carbonyl (C=O) groups excluding carboxylic acids is 1. The first kappa shape index (κ1) is 24.5. The van der Waals surface area contributed by atoms with Crippen LogP contribution in [0.2, 0.25) is 0 Å². The first-order valence-corrected chi connectivity index (χ1v) is 12.9. The number of sulfonamides is 1. The number of nitrogens with zero attached hydrogens (tertiary/aromatic N) is 2. The van der Waals surface area contributed by atoms with Crippen molar-refractivity contribution in [3.8, 4) is 0 Å². The Morgan fingerprint density at radius 3 is 1.97 bits per heavy atom. The third-order valence-electron chi connectivity index (χ3n) is 6.32. The SMILES string of the molecule is Cc1ccc(S(=O)(=O)N(CCCCC(=O)O)C(=O)C2c3ccccc3N(C)c3ccccc32)cc1. The minimum absolute atomic E-state index is 0.0317. The van der Waals surface area contributed by atoms with E-state index >= 15 is 0 Å². The van der Waals surface area contributed by atoms with E-state index in [9.17, 15) is 18.0 Å². The number of amides is 1. The summed E-state index contributed by atoms with van der Waals surface area (Å²) in [7, 11) is -2.24. The Morgan fingerprint density at radius 2 is 1.43 bits per heavy atom. The van der Waals surface area contributed by atoms with Crippen LogP contribution in [0, 0.1) is 6.92 Å². The average Bonchev–Trinajstić information content (AvgIpc) is 2.84. The molecule has 8 heteroatoms. The van der Waals surface area contributed by atoms with Gasteiger partial charge in [-0.25, -0.2) is 12.7 Å². The summed E-state index contributed by atoms with van der Waals surface area (Å²) in [5, 5.41) is 9.00. The summed E-state index contributed by atoms with van der Waals surface area (Å²) in [6, 6.07) is 21.4. The smallest absolute Gasteiger partial charge is 0.303 e. The lowest BCUT2D eigenvalue weighted by atomic mass is 9.84. The molecule has 1 aliphatic rings. The van der Waals surface area contributed by atoms with Gasteiger partial charge in [0.25, 0.3) is 10.0 Å². The van der Waals surface area contributed by atoms with Crippen molar-refractivity contribution in [3.63, 3.8) is 0 Å². The molecule has 1 aliphatic heterocycles. The summed E-state index contributed by atoms with van der Waals surface area (Å²) in [6.45, 7) is 1.76. The number of para-hydroxylation sites is 2. The number of benzene rings is 3. The second-order valence-corrected chi connectivity index (χ2v) is 10.6. The number of anilines is 2. The molecule has 3 aromatic carbocycles. The molecule has 0 aliphatic carbocycles. The van der Waals surface area contributed by atoms with Crippen LogP contribution in [-0.2, 0) is 19.6 Å². The highest BCUT2D eigenvalue weighted by atomic mass is 32.2. The van der Waals surface area contributed by atoms with E-state index in [1.807, 2.05) is 67.4 Å². The number of hydrogen-bond acceptors (Lipinski definition) is 5. The fourth-order valence-corrected chi connectivity index (χ4v) is 5.95. The Labute approximate surface area is 205 Å². The number of aryl methyl sites for hydroxylation is 1. The lowest BCUT2D eigenvalue weighted by Gasteiger charge is -2.36. The normalized spacial score (nSPS) is 13.1. The van der Waals surface area contributed by atoms with Gasteiger partial charge in [0.2, 0.25) is 5.91 Å². The predicted molar refractivity (Wildman–Crippen MR) is 134 cm³/mol. The molecular weight excluding hydrogens is 464 g/mol. The van der Waals surface area contributed by atoms with E-state index in [0.717, 1.165) is 32.4 Å². The highest BCUT2D eigenvalue weighted by molar-refractivity contribution is 7.89. The summed E-state index contributed by atoms with van der Waals surface area (Å²) in [5.41, 5.74) is 4.04. The molecule has 35 heavy (non-hydrogen) atoms. The van der Waals surface area contributed by atoms with Gasteiger partial charge in [-0.05, 0) is 55.2 Å². The first-order chi connectivity index (χ1) is 16.7. The maximum absolute atomic E-state index is 14.2. The zero-order valence-corrected chi connectivity index (χ0v) is 20.5. The number of carbonyl (C=O) groups is 2. The summed E-state index contributed by atoms with van der Waals surface area (Å²) in [4.78, 5) is 27.2. The van der Waals surface area contributed by atoms with Gasteiger partial charge in [-0.1, -0.05) is 54.1 Å². The predicted octanol–water partition coefficient (Wildman–Crippen LogP) is 4.68. The van der Waals surface area contributed by atoms with Crippen LogP contribution in [-0.4, -0.2) is 43.3 Å². The maximum atomic E-state index is 14.2. The summed E-state index contributed by atoms with van der Waals surface area (Å²) >= 11 is 0. The summed E-state index contributed by atoms with van der Waals surface area (Å²) < 4.78 is 28.4. The van der Waals surface area contributed by atoms with Gasteiger partial charge < -0.3 is 10.0 Å². The monoisotopic (exact) mass is 492 g/mol. The fraction of sp³-hybridized carbons (Fsp3) is 0.259. The van der Waals surface area contributed by atoms with Crippen molar-refractivity contribution in [1.82, 2.24) is 4.31 Å². The van der Waals surface area contributed by atoms with Crippen molar-refractivity contribution < 1.29 is 23.1 Å². The Balaban J connectivity index is 1.79. The van der Waals surface area contributed by atoms with Crippen LogP contribution in [0.4, 0.5) is 11.4 Å². The van der Waals surface area contributed by atoms with Crippen molar-refractivity contribution in [2.75, 3.05) is 18.5 Å². The highest BCUT2D eigenvalue weighted by Crippen LogP contribution is 2.45. The molecule has 0 saturated carbocycles. The minimum atomic E-state index is -4.16. The minimum Gasteiger partial charge on any atom is -0.481 e. The molecular formula is C27H28N2O5S. The molecule has 1 heterocycles. The molecule has 0 fully saturated rings. The second-order valence-electron chi connectivity index (χ2n) is 8.69. The van der Waals surface area contributed by atoms with E-state index in [0.29, 0.717) is 0 Å². The van der Waals surface area contributed by atoms with Gasteiger partial charge >= 0.3 is 5.97 Å². The Bertz CT molecular complexity index is 1300. The second kappa shape index (κ2) is 9.92. The third kappa shape index (κ3) is 4.79. The number of carboxylic acid groups (broad SMARTS) is 1. The van der Waals surface area contributed by atoms with Crippen molar-refractivity contribution >= 4 is 33.3 Å². The van der Waals surface area contributed by atoms with Gasteiger partial charge in [0.05, 0.1) is 10.8 Å². The largest absolute Gasteiger partial charge is 0.481 e. The molecule has 1 N–H and O–H groups in total. The van der Waals surface area contributed by atoms with E-state index in [1.54, 1.807) is 12.1 Å². The number of unbranched alkanes of at least 4 members (excludes halogenated alkanes) is 1. The lowest BCUT2D eigenvalue weighted by Crippen LogP contribution is -2.42. The van der Waals surface area contributed by atoms with Crippen molar-refractivity contribution in [2.45, 2.75) is 37.0 Å². The van der Waals surface area contributed by atoms with E-state index in [-0.39, 0.29) is 30.7 Å². The van der Waals surface area contributed by atoms with Crippen LogP contribution in [0.1, 0.15) is 41.9 Å². The van der Waals surface area contributed by atoms with Gasteiger partial charge in [-0.15, -0.1) is 0 Å². The topological polar surface area (TPSA) is 95.0 Å². The van der Waals surface area contributed by atoms with Gasteiger partial charge in [-0.3, -0.25) is 9.59 Å². The number of aliphatic carboxylic acids is 1. The highest BCUT2D eigenvalue weighted by Gasteiger charge is 2.40.